The Balaban J connectivity index is 2.48. The number of hydrogen-bond donors (Lipinski definition) is 1. The van der Waals surface area contributed by atoms with Gasteiger partial charge in [0.25, 0.3) is 0 Å². The molecule has 1 nitrogen and oxygen atoms in total. The van der Waals surface area contributed by atoms with E-state index in [9.17, 15) is 5.11 Å². The molecule has 0 unspecified atom stereocenters. The van der Waals surface area contributed by atoms with Crippen LogP contribution in [0.4, 0.5) is 0 Å². The number of rotatable bonds is 1. The monoisotopic (exact) mass is 202 g/mol. The number of aliphatic hydroxyl groups is 1. The lowest BCUT2D eigenvalue weighted by atomic mass is 9.88. The number of aliphatic hydroxyl groups excluding tert-OH is 1. The SMILES string of the molecule is C=C(C)C1=CC(=C(C)C)[C@@H]2CC=C(O)[C@H]12. The van der Waals surface area contributed by atoms with E-state index < -0.39 is 0 Å². The van der Waals surface area contributed by atoms with Crippen molar-refractivity contribution in [1.82, 2.24) is 0 Å². The summed E-state index contributed by atoms with van der Waals surface area (Å²) < 4.78 is 0. The maximum Gasteiger partial charge on any atom is 0.0964 e. The molecule has 0 aromatic heterocycles. The molecule has 0 spiro atoms. The average molecular weight is 202 g/mol. The third kappa shape index (κ3) is 1.46. The molecule has 0 aromatic rings. The van der Waals surface area contributed by atoms with Crippen molar-refractivity contribution in [3.63, 3.8) is 0 Å². The first-order valence-electron chi connectivity index (χ1n) is 5.46. The highest BCUT2D eigenvalue weighted by atomic mass is 16.3. The highest BCUT2D eigenvalue weighted by molar-refractivity contribution is 5.51. The molecule has 0 saturated carbocycles. The van der Waals surface area contributed by atoms with Gasteiger partial charge in [0.1, 0.15) is 0 Å². The van der Waals surface area contributed by atoms with E-state index in [0.29, 0.717) is 11.7 Å². The molecule has 2 aliphatic carbocycles. The molecule has 80 valence electrons. The summed E-state index contributed by atoms with van der Waals surface area (Å²) in [5.74, 6) is 1.18. The lowest BCUT2D eigenvalue weighted by Gasteiger charge is -2.16. The topological polar surface area (TPSA) is 20.2 Å². The zero-order chi connectivity index (χ0) is 11.2. The minimum atomic E-state index is 0.187. The molecule has 1 heteroatoms. The Morgan fingerprint density at radius 2 is 2.07 bits per heavy atom. The highest BCUT2D eigenvalue weighted by Crippen LogP contribution is 2.48. The third-order valence-corrected chi connectivity index (χ3v) is 3.42. The second-order valence-electron chi connectivity index (χ2n) is 4.78. The number of hydrogen-bond acceptors (Lipinski definition) is 1. The molecule has 0 saturated heterocycles. The Morgan fingerprint density at radius 1 is 1.40 bits per heavy atom. The van der Waals surface area contributed by atoms with Crippen molar-refractivity contribution < 1.29 is 5.11 Å². The summed E-state index contributed by atoms with van der Waals surface area (Å²) in [4.78, 5) is 0. The summed E-state index contributed by atoms with van der Waals surface area (Å²) in [6.45, 7) is 10.3. The van der Waals surface area contributed by atoms with Gasteiger partial charge in [0, 0.05) is 11.8 Å². The first-order chi connectivity index (χ1) is 7.02. The van der Waals surface area contributed by atoms with E-state index in [1.807, 2.05) is 13.0 Å². The van der Waals surface area contributed by atoms with Crippen LogP contribution >= 0.6 is 0 Å². The van der Waals surface area contributed by atoms with Gasteiger partial charge < -0.3 is 5.11 Å². The standard InChI is InChI=1S/C14H18O/c1-8(2)11-7-12(9(3)4)14-10(11)5-6-13(14)15/h6-7,10,14-15H,3,5H2,1-2,4H3/t10-,14-/m0/s1. The molecule has 0 fully saturated rings. The molecule has 0 amide bonds. The van der Waals surface area contributed by atoms with Crippen molar-refractivity contribution in [2.45, 2.75) is 27.2 Å². The lowest BCUT2D eigenvalue weighted by molar-refractivity contribution is 0.343. The van der Waals surface area contributed by atoms with Gasteiger partial charge in [-0.1, -0.05) is 23.8 Å². The van der Waals surface area contributed by atoms with Crippen LogP contribution < -0.4 is 0 Å². The minimum Gasteiger partial charge on any atom is -0.512 e. The van der Waals surface area contributed by atoms with E-state index in [1.54, 1.807) is 0 Å². The van der Waals surface area contributed by atoms with Crippen LogP contribution in [0.25, 0.3) is 0 Å². The Hall–Kier alpha value is -1.24. The van der Waals surface area contributed by atoms with Crippen LogP contribution in [0.5, 0.6) is 0 Å². The van der Waals surface area contributed by atoms with E-state index in [0.717, 1.165) is 12.0 Å². The Labute approximate surface area is 91.5 Å². The second-order valence-corrected chi connectivity index (χ2v) is 4.78. The van der Waals surface area contributed by atoms with Crippen molar-refractivity contribution in [3.8, 4) is 0 Å². The zero-order valence-corrected chi connectivity index (χ0v) is 9.67. The molecule has 0 radical (unpaired) electrons. The predicted octanol–water partition coefficient (Wildman–Crippen LogP) is 3.92. The smallest absolute Gasteiger partial charge is 0.0964 e. The van der Waals surface area contributed by atoms with Crippen molar-refractivity contribution >= 4 is 0 Å². The van der Waals surface area contributed by atoms with Crippen LogP contribution in [0.2, 0.25) is 0 Å². The Kier molecular flexibility index (Phi) is 2.34. The molecular weight excluding hydrogens is 184 g/mol. The van der Waals surface area contributed by atoms with E-state index in [1.165, 1.54) is 16.7 Å². The first kappa shape index (κ1) is 10.3. The predicted molar refractivity (Wildman–Crippen MR) is 63.6 cm³/mol. The average Bonchev–Trinajstić information content (AvgIpc) is 2.66. The molecule has 2 aliphatic rings. The summed E-state index contributed by atoms with van der Waals surface area (Å²) in [5, 5.41) is 9.87. The largest absolute Gasteiger partial charge is 0.512 e. The van der Waals surface area contributed by atoms with Crippen LogP contribution in [0, 0.1) is 11.8 Å². The molecule has 15 heavy (non-hydrogen) atoms. The Morgan fingerprint density at radius 3 is 2.60 bits per heavy atom. The summed E-state index contributed by atoms with van der Waals surface area (Å²) in [6.07, 6.45) is 5.13. The fourth-order valence-electron chi connectivity index (χ4n) is 2.67. The molecule has 2 rings (SSSR count). The van der Waals surface area contributed by atoms with Crippen LogP contribution in [-0.4, -0.2) is 5.11 Å². The maximum atomic E-state index is 9.87. The third-order valence-electron chi connectivity index (χ3n) is 3.42. The van der Waals surface area contributed by atoms with Gasteiger partial charge in [-0.05, 0) is 44.4 Å². The first-order valence-corrected chi connectivity index (χ1v) is 5.46. The molecule has 0 bridgehead atoms. The minimum absolute atomic E-state index is 0.187. The van der Waals surface area contributed by atoms with Gasteiger partial charge in [-0.3, -0.25) is 0 Å². The van der Waals surface area contributed by atoms with Gasteiger partial charge in [-0.2, -0.15) is 0 Å². The lowest BCUT2D eigenvalue weighted by Crippen LogP contribution is -2.10. The molecule has 0 aliphatic heterocycles. The number of allylic oxidation sites excluding steroid dienone is 6. The summed E-state index contributed by atoms with van der Waals surface area (Å²) in [7, 11) is 0. The van der Waals surface area contributed by atoms with Crippen LogP contribution in [0.15, 0.2) is 46.8 Å². The van der Waals surface area contributed by atoms with Crippen LogP contribution in [-0.2, 0) is 0 Å². The molecular formula is C14H18O. The van der Waals surface area contributed by atoms with Gasteiger partial charge in [0.05, 0.1) is 5.76 Å². The van der Waals surface area contributed by atoms with Gasteiger partial charge in [-0.15, -0.1) is 0 Å². The summed E-state index contributed by atoms with van der Waals surface area (Å²) >= 11 is 0. The summed E-state index contributed by atoms with van der Waals surface area (Å²) in [6, 6.07) is 0. The van der Waals surface area contributed by atoms with Gasteiger partial charge in [0.15, 0.2) is 0 Å². The molecule has 1 N–H and O–H groups in total. The van der Waals surface area contributed by atoms with Crippen molar-refractivity contribution in [1.29, 1.82) is 0 Å². The van der Waals surface area contributed by atoms with E-state index in [-0.39, 0.29) is 5.92 Å². The fraction of sp³-hybridized carbons (Fsp3) is 0.429. The quantitative estimate of drug-likeness (QED) is 0.683. The fourth-order valence-corrected chi connectivity index (χ4v) is 2.67. The van der Waals surface area contributed by atoms with Gasteiger partial charge in [0.2, 0.25) is 0 Å². The van der Waals surface area contributed by atoms with Gasteiger partial charge in [-0.25, -0.2) is 0 Å². The molecule has 0 aromatic carbocycles. The maximum absolute atomic E-state index is 9.87. The van der Waals surface area contributed by atoms with Crippen LogP contribution in [0.1, 0.15) is 27.2 Å². The van der Waals surface area contributed by atoms with Crippen molar-refractivity contribution in [2.75, 3.05) is 0 Å². The van der Waals surface area contributed by atoms with Crippen molar-refractivity contribution in [2.24, 2.45) is 11.8 Å². The van der Waals surface area contributed by atoms with Gasteiger partial charge >= 0.3 is 0 Å². The summed E-state index contributed by atoms with van der Waals surface area (Å²) in [5.41, 5.74) is 5.02. The number of fused-ring (bicyclic) bond motifs is 1. The van der Waals surface area contributed by atoms with E-state index in [2.05, 4.69) is 26.5 Å². The zero-order valence-electron chi connectivity index (χ0n) is 9.67. The molecule has 2 atom stereocenters. The highest BCUT2D eigenvalue weighted by Gasteiger charge is 2.39. The Bertz CT molecular complexity index is 403. The van der Waals surface area contributed by atoms with E-state index >= 15 is 0 Å². The normalized spacial score (nSPS) is 28.6. The second kappa shape index (κ2) is 3.41. The van der Waals surface area contributed by atoms with Crippen LogP contribution in [0.3, 0.4) is 0 Å². The van der Waals surface area contributed by atoms with E-state index in [4.69, 9.17) is 0 Å². The molecule has 0 heterocycles. The van der Waals surface area contributed by atoms with Crippen molar-refractivity contribution in [3.05, 3.63) is 46.8 Å².